The molecule has 2 atom stereocenters. The SMILES string of the molecule is C#CC(C)C(O)CCc1ccccc1. The van der Waals surface area contributed by atoms with Gasteiger partial charge in [0.25, 0.3) is 0 Å². The van der Waals surface area contributed by atoms with Gasteiger partial charge >= 0.3 is 0 Å². The molecular formula is C13H16O. The van der Waals surface area contributed by atoms with E-state index < -0.39 is 0 Å². The fraction of sp³-hybridized carbons (Fsp3) is 0.385. The van der Waals surface area contributed by atoms with E-state index in [0.29, 0.717) is 0 Å². The van der Waals surface area contributed by atoms with Crippen LogP contribution in [0.3, 0.4) is 0 Å². The topological polar surface area (TPSA) is 20.2 Å². The Labute approximate surface area is 85.8 Å². The van der Waals surface area contributed by atoms with Gasteiger partial charge in [-0.2, -0.15) is 0 Å². The maximum Gasteiger partial charge on any atom is 0.0678 e. The minimum Gasteiger partial charge on any atom is -0.392 e. The summed E-state index contributed by atoms with van der Waals surface area (Å²) in [7, 11) is 0. The van der Waals surface area contributed by atoms with Crippen molar-refractivity contribution in [2.45, 2.75) is 25.9 Å². The Bertz CT molecular complexity index is 297. The highest BCUT2D eigenvalue weighted by Gasteiger charge is 2.10. The molecule has 0 saturated carbocycles. The van der Waals surface area contributed by atoms with E-state index >= 15 is 0 Å². The predicted molar refractivity (Wildman–Crippen MR) is 58.8 cm³/mol. The zero-order valence-corrected chi connectivity index (χ0v) is 8.48. The van der Waals surface area contributed by atoms with Gasteiger partial charge in [-0.05, 0) is 25.3 Å². The van der Waals surface area contributed by atoms with Crippen molar-refractivity contribution in [1.29, 1.82) is 0 Å². The molecule has 0 amide bonds. The van der Waals surface area contributed by atoms with Crippen LogP contribution in [0.25, 0.3) is 0 Å². The third-order valence-corrected chi connectivity index (χ3v) is 2.41. The number of terminal acetylenes is 1. The van der Waals surface area contributed by atoms with Crippen LogP contribution < -0.4 is 0 Å². The summed E-state index contributed by atoms with van der Waals surface area (Å²) in [5.41, 5.74) is 1.25. The Morgan fingerprint density at radius 3 is 2.57 bits per heavy atom. The summed E-state index contributed by atoms with van der Waals surface area (Å²) in [6, 6.07) is 10.1. The van der Waals surface area contributed by atoms with Crippen LogP contribution in [-0.4, -0.2) is 11.2 Å². The second kappa shape index (κ2) is 5.47. The van der Waals surface area contributed by atoms with Crippen molar-refractivity contribution in [2.24, 2.45) is 5.92 Å². The molecule has 1 N–H and O–H groups in total. The van der Waals surface area contributed by atoms with Gasteiger partial charge in [0.05, 0.1) is 6.10 Å². The van der Waals surface area contributed by atoms with Crippen molar-refractivity contribution in [3.05, 3.63) is 35.9 Å². The first-order valence-corrected chi connectivity index (χ1v) is 4.92. The molecule has 0 spiro atoms. The first kappa shape index (κ1) is 10.8. The van der Waals surface area contributed by atoms with Gasteiger partial charge in [0, 0.05) is 5.92 Å². The van der Waals surface area contributed by atoms with Gasteiger partial charge < -0.3 is 5.11 Å². The molecule has 0 aliphatic rings. The summed E-state index contributed by atoms with van der Waals surface area (Å²) in [4.78, 5) is 0. The van der Waals surface area contributed by atoms with Crippen LogP contribution in [0.15, 0.2) is 30.3 Å². The van der Waals surface area contributed by atoms with Crippen molar-refractivity contribution in [3.8, 4) is 12.3 Å². The van der Waals surface area contributed by atoms with Crippen molar-refractivity contribution < 1.29 is 5.11 Å². The van der Waals surface area contributed by atoms with Crippen LogP contribution in [0.5, 0.6) is 0 Å². The number of hydrogen-bond acceptors (Lipinski definition) is 1. The molecule has 0 aliphatic heterocycles. The normalized spacial score (nSPS) is 14.4. The molecule has 0 saturated heterocycles. The second-order valence-electron chi connectivity index (χ2n) is 3.55. The van der Waals surface area contributed by atoms with E-state index in [1.54, 1.807) is 0 Å². The van der Waals surface area contributed by atoms with E-state index in [1.165, 1.54) is 5.56 Å². The van der Waals surface area contributed by atoms with Gasteiger partial charge in [0.15, 0.2) is 0 Å². The van der Waals surface area contributed by atoms with Crippen molar-refractivity contribution >= 4 is 0 Å². The number of hydrogen-bond donors (Lipinski definition) is 1. The Kier molecular flexibility index (Phi) is 4.22. The van der Waals surface area contributed by atoms with Gasteiger partial charge in [-0.3, -0.25) is 0 Å². The number of benzene rings is 1. The number of aryl methyl sites for hydroxylation is 1. The molecule has 14 heavy (non-hydrogen) atoms. The zero-order valence-electron chi connectivity index (χ0n) is 8.48. The molecular weight excluding hydrogens is 172 g/mol. The molecule has 1 nitrogen and oxygen atoms in total. The Hall–Kier alpha value is -1.26. The predicted octanol–water partition coefficient (Wildman–Crippen LogP) is 2.25. The van der Waals surface area contributed by atoms with Crippen molar-refractivity contribution in [3.63, 3.8) is 0 Å². The summed E-state index contributed by atoms with van der Waals surface area (Å²) in [5.74, 6) is 2.49. The van der Waals surface area contributed by atoms with E-state index in [-0.39, 0.29) is 12.0 Å². The molecule has 0 bridgehead atoms. The Morgan fingerprint density at radius 1 is 1.36 bits per heavy atom. The maximum atomic E-state index is 9.64. The highest BCUT2D eigenvalue weighted by atomic mass is 16.3. The molecule has 1 rings (SSSR count). The summed E-state index contributed by atoms with van der Waals surface area (Å²) in [6.07, 6.45) is 6.46. The molecule has 0 aliphatic carbocycles. The lowest BCUT2D eigenvalue weighted by atomic mass is 9.99. The monoisotopic (exact) mass is 188 g/mol. The number of aliphatic hydroxyl groups excluding tert-OH is 1. The van der Waals surface area contributed by atoms with E-state index in [2.05, 4.69) is 18.1 Å². The zero-order chi connectivity index (χ0) is 10.4. The molecule has 2 unspecified atom stereocenters. The smallest absolute Gasteiger partial charge is 0.0678 e. The minimum atomic E-state index is -0.389. The number of rotatable bonds is 4. The van der Waals surface area contributed by atoms with E-state index in [1.807, 2.05) is 25.1 Å². The molecule has 0 heterocycles. The van der Waals surface area contributed by atoms with Gasteiger partial charge in [-0.15, -0.1) is 12.3 Å². The quantitative estimate of drug-likeness (QED) is 0.718. The standard InChI is InChI=1S/C13H16O/c1-3-11(2)13(14)10-9-12-7-5-4-6-8-12/h1,4-8,11,13-14H,9-10H2,2H3. The van der Waals surface area contributed by atoms with Crippen LogP contribution >= 0.6 is 0 Å². The van der Waals surface area contributed by atoms with Crippen LogP contribution in [0.2, 0.25) is 0 Å². The summed E-state index contributed by atoms with van der Waals surface area (Å²) in [6.45, 7) is 1.87. The van der Waals surface area contributed by atoms with Crippen LogP contribution in [0.4, 0.5) is 0 Å². The maximum absolute atomic E-state index is 9.64. The summed E-state index contributed by atoms with van der Waals surface area (Å²) in [5, 5.41) is 9.64. The van der Waals surface area contributed by atoms with Gasteiger partial charge in [-0.25, -0.2) is 0 Å². The van der Waals surface area contributed by atoms with Crippen molar-refractivity contribution in [1.82, 2.24) is 0 Å². The molecule has 0 radical (unpaired) electrons. The Morgan fingerprint density at radius 2 is 2.00 bits per heavy atom. The lowest BCUT2D eigenvalue weighted by Crippen LogP contribution is -2.16. The van der Waals surface area contributed by atoms with Crippen LogP contribution in [-0.2, 0) is 6.42 Å². The first-order valence-electron chi connectivity index (χ1n) is 4.92. The third-order valence-electron chi connectivity index (χ3n) is 2.41. The van der Waals surface area contributed by atoms with Crippen molar-refractivity contribution in [2.75, 3.05) is 0 Å². The Balaban J connectivity index is 2.39. The molecule has 74 valence electrons. The summed E-state index contributed by atoms with van der Waals surface area (Å²) < 4.78 is 0. The highest BCUT2D eigenvalue weighted by molar-refractivity contribution is 5.14. The largest absolute Gasteiger partial charge is 0.392 e. The van der Waals surface area contributed by atoms with Gasteiger partial charge in [-0.1, -0.05) is 30.3 Å². The lowest BCUT2D eigenvalue weighted by molar-refractivity contribution is 0.132. The molecule has 0 fully saturated rings. The molecule has 0 aromatic heterocycles. The van der Waals surface area contributed by atoms with Crippen LogP contribution in [0.1, 0.15) is 18.9 Å². The summed E-state index contributed by atoms with van der Waals surface area (Å²) >= 11 is 0. The second-order valence-corrected chi connectivity index (χ2v) is 3.55. The van der Waals surface area contributed by atoms with E-state index in [4.69, 9.17) is 6.42 Å². The average Bonchev–Trinajstić information content (AvgIpc) is 2.26. The van der Waals surface area contributed by atoms with Crippen LogP contribution in [0, 0.1) is 18.3 Å². The van der Waals surface area contributed by atoms with Gasteiger partial charge in [0.2, 0.25) is 0 Å². The average molecular weight is 188 g/mol. The highest BCUT2D eigenvalue weighted by Crippen LogP contribution is 2.10. The minimum absolute atomic E-state index is 0.0567. The first-order chi connectivity index (χ1) is 6.74. The van der Waals surface area contributed by atoms with Gasteiger partial charge in [0.1, 0.15) is 0 Å². The molecule has 1 aromatic carbocycles. The van der Waals surface area contributed by atoms with E-state index in [9.17, 15) is 5.11 Å². The molecule has 1 aromatic rings. The molecule has 1 heteroatoms. The third kappa shape index (κ3) is 3.24. The fourth-order valence-electron chi connectivity index (χ4n) is 1.32. The lowest BCUT2D eigenvalue weighted by Gasteiger charge is -2.13. The number of aliphatic hydroxyl groups is 1. The fourth-order valence-corrected chi connectivity index (χ4v) is 1.32. The van der Waals surface area contributed by atoms with E-state index in [0.717, 1.165) is 12.8 Å².